The van der Waals surface area contributed by atoms with Crippen LogP contribution in [0.25, 0.3) is 0 Å². The van der Waals surface area contributed by atoms with Gasteiger partial charge in [0, 0.05) is 11.2 Å². The molecular formula is C14H25IS. The zero-order valence-electron chi connectivity index (χ0n) is 10.7. The monoisotopic (exact) mass is 352 g/mol. The summed E-state index contributed by atoms with van der Waals surface area (Å²) in [6, 6.07) is 0. The van der Waals surface area contributed by atoms with Gasteiger partial charge in [0.15, 0.2) is 0 Å². The Kier molecular flexibility index (Phi) is 15.7. The van der Waals surface area contributed by atoms with Gasteiger partial charge in [-0.3, -0.25) is 0 Å². The maximum absolute atomic E-state index is 4.31. The summed E-state index contributed by atoms with van der Waals surface area (Å²) in [7, 11) is 0. The number of rotatable bonds is 6. The second-order valence-corrected chi connectivity index (χ2v) is 4.90. The van der Waals surface area contributed by atoms with Gasteiger partial charge in [0.1, 0.15) is 0 Å². The van der Waals surface area contributed by atoms with Gasteiger partial charge in [-0.2, -0.15) is 12.6 Å². The first-order valence-corrected chi connectivity index (χ1v) is 6.56. The Morgan fingerprint density at radius 3 is 2.50 bits per heavy atom. The third-order valence-corrected chi connectivity index (χ3v) is 2.58. The first-order chi connectivity index (χ1) is 7.20. The maximum atomic E-state index is 4.31. The summed E-state index contributed by atoms with van der Waals surface area (Å²) < 4.78 is 0. The Morgan fingerprint density at radius 1 is 1.31 bits per heavy atom. The highest BCUT2D eigenvalue weighted by molar-refractivity contribution is 14.0. The minimum atomic E-state index is 0. The molecule has 0 aromatic heterocycles. The topological polar surface area (TPSA) is 0 Å². The van der Waals surface area contributed by atoms with Gasteiger partial charge in [0.05, 0.1) is 0 Å². The molecule has 0 aromatic carbocycles. The highest BCUT2D eigenvalue weighted by Crippen LogP contribution is 2.10. The first kappa shape index (κ1) is 18.7. The van der Waals surface area contributed by atoms with Crippen LogP contribution in [0.2, 0.25) is 0 Å². The van der Waals surface area contributed by atoms with Crippen LogP contribution in [-0.2, 0) is 0 Å². The molecule has 0 aliphatic carbocycles. The van der Waals surface area contributed by atoms with Crippen molar-refractivity contribution in [1.82, 2.24) is 0 Å². The molecule has 2 unspecified atom stereocenters. The fourth-order valence-electron chi connectivity index (χ4n) is 1.32. The highest BCUT2D eigenvalue weighted by Gasteiger charge is 1.99. The molecule has 0 heterocycles. The second kappa shape index (κ2) is 13.4. The molecule has 0 rings (SSSR count). The van der Waals surface area contributed by atoms with Gasteiger partial charge in [-0.1, -0.05) is 51.5 Å². The van der Waals surface area contributed by atoms with Crippen molar-refractivity contribution in [3.8, 4) is 11.8 Å². The third kappa shape index (κ3) is 12.4. The molecule has 0 spiro atoms. The van der Waals surface area contributed by atoms with Gasteiger partial charge in [-0.25, -0.2) is 0 Å². The first-order valence-electron chi connectivity index (χ1n) is 6.04. The predicted octanol–water partition coefficient (Wildman–Crippen LogP) is 5.09. The highest BCUT2D eigenvalue weighted by atomic mass is 127. The standard InChI is InChI=1S/C14H24S.HI/c1-4-6-11-14(5-2)12-9-7-8-10-13(3)15;/h7-8,13-15H,4-6,10-11H2,1-3H3;1H/b8-7+;. The lowest BCUT2D eigenvalue weighted by molar-refractivity contribution is 0.556. The zero-order valence-corrected chi connectivity index (χ0v) is 13.9. The molecule has 0 aliphatic heterocycles. The van der Waals surface area contributed by atoms with Gasteiger partial charge < -0.3 is 0 Å². The fourth-order valence-corrected chi connectivity index (χ4v) is 1.44. The van der Waals surface area contributed by atoms with E-state index >= 15 is 0 Å². The lowest BCUT2D eigenvalue weighted by atomic mass is 10.0. The van der Waals surface area contributed by atoms with Crippen LogP contribution >= 0.6 is 36.6 Å². The smallest absolute Gasteiger partial charge is 0.0203 e. The molecule has 0 saturated heterocycles. The third-order valence-electron chi connectivity index (χ3n) is 2.36. The summed E-state index contributed by atoms with van der Waals surface area (Å²) in [4.78, 5) is 0. The molecule has 0 N–H and O–H groups in total. The summed E-state index contributed by atoms with van der Waals surface area (Å²) >= 11 is 4.31. The van der Waals surface area contributed by atoms with Crippen molar-refractivity contribution in [2.24, 2.45) is 5.92 Å². The lowest BCUT2D eigenvalue weighted by Gasteiger charge is -2.04. The number of halogens is 1. The van der Waals surface area contributed by atoms with Crippen molar-refractivity contribution in [3.63, 3.8) is 0 Å². The number of hydrogen-bond acceptors (Lipinski definition) is 1. The van der Waals surface area contributed by atoms with E-state index in [-0.39, 0.29) is 24.0 Å². The lowest BCUT2D eigenvalue weighted by Crippen LogP contribution is -1.94. The molecule has 0 saturated carbocycles. The van der Waals surface area contributed by atoms with Crippen LogP contribution in [0.4, 0.5) is 0 Å². The van der Waals surface area contributed by atoms with Crippen molar-refractivity contribution in [1.29, 1.82) is 0 Å². The molecule has 0 amide bonds. The summed E-state index contributed by atoms with van der Waals surface area (Å²) in [5, 5.41) is 0.435. The van der Waals surface area contributed by atoms with Crippen molar-refractivity contribution in [2.75, 3.05) is 0 Å². The summed E-state index contributed by atoms with van der Waals surface area (Å²) in [5.74, 6) is 7.04. The quantitative estimate of drug-likeness (QED) is 0.384. The molecule has 2 heteroatoms. The molecule has 0 fully saturated rings. The SMILES string of the molecule is CCCCC(C#C/C=C/CC(C)S)CC.I. The molecule has 0 aromatic rings. The van der Waals surface area contributed by atoms with Crippen LogP contribution in [0.15, 0.2) is 12.2 Å². The second-order valence-electron chi connectivity index (χ2n) is 4.02. The van der Waals surface area contributed by atoms with Crippen molar-refractivity contribution < 1.29 is 0 Å². The van der Waals surface area contributed by atoms with Crippen LogP contribution in [-0.4, -0.2) is 5.25 Å². The molecule has 2 atom stereocenters. The largest absolute Gasteiger partial charge is 0.176 e. The number of hydrogen-bond donors (Lipinski definition) is 1. The minimum Gasteiger partial charge on any atom is -0.176 e. The van der Waals surface area contributed by atoms with Crippen molar-refractivity contribution >= 4 is 36.6 Å². The van der Waals surface area contributed by atoms with E-state index in [1.807, 2.05) is 6.08 Å². The zero-order chi connectivity index (χ0) is 11.5. The van der Waals surface area contributed by atoms with E-state index in [4.69, 9.17) is 0 Å². The molecule has 0 nitrogen and oxygen atoms in total. The average Bonchev–Trinajstić information content (AvgIpc) is 2.21. The summed E-state index contributed by atoms with van der Waals surface area (Å²) in [6.07, 6.45) is 10.1. The van der Waals surface area contributed by atoms with E-state index in [0.717, 1.165) is 6.42 Å². The van der Waals surface area contributed by atoms with Crippen molar-refractivity contribution in [3.05, 3.63) is 12.2 Å². The normalized spacial score (nSPS) is 13.8. The average molecular weight is 352 g/mol. The van der Waals surface area contributed by atoms with E-state index in [1.165, 1.54) is 25.7 Å². The van der Waals surface area contributed by atoms with E-state index in [1.54, 1.807) is 0 Å². The molecule has 0 aliphatic rings. The summed E-state index contributed by atoms with van der Waals surface area (Å²) in [6.45, 7) is 6.54. The van der Waals surface area contributed by atoms with Crippen LogP contribution in [0.3, 0.4) is 0 Å². The van der Waals surface area contributed by atoms with Gasteiger partial charge in [-0.05, 0) is 25.3 Å². The van der Waals surface area contributed by atoms with Crippen LogP contribution in [0.5, 0.6) is 0 Å². The molecule has 16 heavy (non-hydrogen) atoms. The van der Waals surface area contributed by atoms with Gasteiger partial charge in [0.25, 0.3) is 0 Å². The molecular weight excluding hydrogens is 327 g/mol. The van der Waals surface area contributed by atoms with Crippen LogP contribution < -0.4 is 0 Å². The van der Waals surface area contributed by atoms with E-state index < -0.39 is 0 Å². The minimum absolute atomic E-state index is 0. The maximum Gasteiger partial charge on any atom is 0.0203 e. The fraction of sp³-hybridized carbons (Fsp3) is 0.714. The summed E-state index contributed by atoms with van der Waals surface area (Å²) in [5.41, 5.74) is 0. The number of thiol groups is 1. The van der Waals surface area contributed by atoms with Crippen LogP contribution in [0, 0.1) is 17.8 Å². The molecule has 94 valence electrons. The van der Waals surface area contributed by atoms with Gasteiger partial charge >= 0.3 is 0 Å². The molecule has 0 radical (unpaired) electrons. The van der Waals surface area contributed by atoms with Crippen LogP contribution in [0.1, 0.15) is 52.9 Å². The van der Waals surface area contributed by atoms with Crippen molar-refractivity contribution in [2.45, 2.75) is 58.1 Å². The van der Waals surface area contributed by atoms with Gasteiger partial charge in [0.2, 0.25) is 0 Å². The Balaban J connectivity index is 0. The number of allylic oxidation sites excluding steroid dienone is 2. The van der Waals surface area contributed by atoms with E-state index in [0.29, 0.717) is 11.2 Å². The van der Waals surface area contributed by atoms with E-state index in [9.17, 15) is 0 Å². The Bertz CT molecular complexity index is 223. The molecule has 0 bridgehead atoms. The van der Waals surface area contributed by atoms with Gasteiger partial charge in [-0.15, -0.1) is 24.0 Å². The number of unbranched alkanes of at least 4 members (excludes halogenated alkanes) is 1. The predicted molar refractivity (Wildman–Crippen MR) is 88.7 cm³/mol. The van der Waals surface area contributed by atoms with E-state index in [2.05, 4.69) is 51.3 Å². The Hall–Kier alpha value is 0.380. The Morgan fingerprint density at radius 2 is 2.00 bits per heavy atom. The Labute approximate surface area is 124 Å².